The zero-order valence-corrected chi connectivity index (χ0v) is 15.0. The number of aromatic nitrogens is 1. The van der Waals surface area contributed by atoms with Crippen molar-refractivity contribution in [2.75, 3.05) is 26.2 Å². The molecule has 2 aliphatic rings. The number of rotatable bonds is 3. The fourth-order valence-corrected chi connectivity index (χ4v) is 4.71. The Balaban J connectivity index is 1.62. The van der Waals surface area contributed by atoms with Gasteiger partial charge in [-0.2, -0.15) is 0 Å². The van der Waals surface area contributed by atoms with Crippen LogP contribution < -0.4 is 0 Å². The van der Waals surface area contributed by atoms with E-state index in [0.29, 0.717) is 24.4 Å². The third-order valence-electron chi connectivity index (χ3n) is 5.49. The van der Waals surface area contributed by atoms with Gasteiger partial charge in [-0.15, -0.1) is 11.3 Å². The first-order chi connectivity index (χ1) is 12.2. The van der Waals surface area contributed by atoms with Crippen molar-refractivity contribution in [1.29, 1.82) is 0 Å². The quantitative estimate of drug-likeness (QED) is 0.916. The first-order valence-electron chi connectivity index (χ1n) is 8.88. The smallest absolute Gasteiger partial charge is 0.265 e. The Morgan fingerprint density at radius 2 is 1.96 bits per heavy atom. The van der Waals surface area contributed by atoms with Gasteiger partial charge in [0.2, 0.25) is 0 Å². The molecule has 0 unspecified atom stereocenters. The number of thiazole rings is 1. The maximum atomic E-state index is 12.8. The van der Waals surface area contributed by atoms with Crippen LogP contribution in [0.2, 0.25) is 0 Å². The van der Waals surface area contributed by atoms with Crippen LogP contribution in [-0.2, 0) is 5.60 Å². The van der Waals surface area contributed by atoms with Crippen molar-refractivity contribution in [3.63, 3.8) is 0 Å². The number of amides is 1. The van der Waals surface area contributed by atoms with Gasteiger partial charge >= 0.3 is 0 Å². The Morgan fingerprint density at radius 3 is 2.64 bits per heavy atom. The third kappa shape index (κ3) is 3.10. The highest BCUT2D eigenvalue weighted by atomic mass is 32.1. The maximum absolute atomic E-state index is 12.8. The van der Waals surface area contributed by atoms with Crippen molar-refractivity contribution in [2.24, 2.45) is 0 Å². The summed E-state index contributed by atoms with van der Waals surface area (Å²) in [6.07, 6.45) is 4.51. The SMILES string of the molecule is O=C(c1cncs1)N1CC[C@](O)(c2ccccc2)[C@H](N2CCCC2)C1. The van der Waals surface area contributed by atoms with Gasteiger partial charge in [-0.25, -0.2) is 0 Å². The molecule has 0 bridgehead atoms. The summed E-state index contributed by atoms with van der Waals surface area (Å²) < 4.78 is 0. The molecular formula is C19H23N3O2S. The number of carbonyl (C=O) groups excluding carboxylic acids is 1. The molecule has 2 aliphatic heterocycles. The number of nitrogens with zero attached hydrogens (tertiary/aromatic N) is 3. The molecule has 2 saturated heterocycles. The molecule has 1 aromatic heterocycles. The summed E-state index contributed by atoms with van der Waals surface area (Å²) in [6, 6.07) is 9.86. The van der Waals surface area contributed by atoms with Gasteiger partial charge < -0.3 is 10.0 Å². The second kappa shape index (κ2) is 6.86. The van der Waals surface area contributed by atoms with Crippen molar-refractivity contribution in [3.8, 4) is 0 Å². The summed E-state index contributed by atoms with van der Waals surface area (Å²) in [4.78, 5) is 21.7. The number of piperidine rings is 1. The summed E-state index contributed by atoms with van der Waals surface area (Å²) in [7, 11) is 0. The highest BCUT2D eigenvalue weighted by Crippen LogP contribution is 2.37. The van der Waals surface area contributed by atoms with Crippen LogP contribution in [0.3, 0.4) is 0 Å². The van der Waals surface area contributed by atoms with Crippen LogP contribution in [0.5, 0.6) is 0 Å². The van der Waals surface area contributed by atoms with Crippen LogP contribution in [0.1, 0.15) is 34.5 Å². The van der Waals surface area contributed by atoms with Crippen molar-refractivity contribution in [2.45, 2.75) is 30.9 Å². The second-order valence-corrected chi connectivity index (χ2v) is 7.80. The average Bonchev–Trinajstić information content (AvgIpc) is 3.36. The van der Waals surface area contributed by atoms with Gasteiger partial charge in [0.25, 0.3) is 5.91 Å². The fraction of sp³-hybridized carbons (Fsp3) is 0.474. The number of aliphatic hydroxyl groups is 1. The normalized spacial score (nSPS) is 27.6. The number of likely N-dealkylation sites (tertiary alicyclic amines) is 2. The van der Waals surface area contributed by atoms with Gasteiger partial charge in [0.1, 0.15) is 10.5 Å². The minimum Gasteiger partial charge on any atom is -0.383 e. The molecule has 6 heteroatoms. The summed E-state index contributed by atoms with van der Waals surface area (Å²) >= 11 is 1.38. The molecule has 1 aromatic carbocycles. The Kier molecular flexibility index (Phi) is 4.58. The van der Waals surface area contributed by atoms with Crippen molar-refractivity contribution in [3.05, 3.63) is 52.5 Å². The van der Waals surface area contributed by atoms with E-state index in [-0.39, 0.29) is 11.9 Å². The minimum absolute atomic E-state index is 0.0295. The van der Waals surface area contributed by atoms with Crippen molar-refractivity contribution in [1.82, 2.24) is 14.8 Å². The third-order valence-corrected chi connectivity index (χ3v) is 6.25. The topological polar surface area (TPSA) is 56.7 Å². The van der Waals surface area contributed by atoms with Gasteiger partial charge in [0, 0.05) is 13.1 Å². The molecule has 5 nitrogen and oxygen atoms in total. The van der Waals surface area contributed by atoms with E-state index in [1.54, 1.807) is 11.7 Å². The van der Waals surface area contributed by atoms with Crippen molar-refractivity contribution < 1.29 is 9.90 Å². The molecule has 0 saturated carbocycles. The lowest BCUT2D eigenvalue weighted by Crippen LogP contribution is -2.61. The molecule has 3 heterocycles. The molecule has 0 radical (unpaired) electrons. The van der Waals surface area contributed by atoms with Gasteiger partial charge in [-0.1, -0.05) is 30.3 Å². The number of hydrogen-bond acceptors (Lipinski definition) is 5. The Morgan fingerprint density at radius 1 is 1.20 bits per heavy atom. The molecule has 1 amide bonds. The summed E-state index contributed by atoms with van der Waals surface area (Å²) in [5, 5.41) is 11.6. The second-order valence-electron chi connectivity index (χ2n) is 6.92. The highest BCUT2D eigenvalue weighted by molar-refractivity contribution is 7.11. The monoisotopic (exact) mass is 357 g/mol. The molecule has 4 rings (SSSR count). The number of benzene rings is 1. The zero-order valence-electron chi connectivity index (χ0n) is 14.2. The summed E-state index contributed by atoms with van der Waals surface area (Å²) in [5.74, 6) is 0.0295. The standard InChI is InChI=1S/C19H23N3O2S/c23-18(16-12-20-14-25-16)22-11-8-19(24,15-6-2-1-3-7-15)17(13-22)21-9-4-5-10-21/h1-3,6-7,12,14,17,24H,4-5,8-11,13H2/t17-,19+/m1/s1. The van der Waals surface area contributed by atoms with Crippen LogP contribution >= 0.6 is 11.3 Å². The van der Waals surface area contributed by atoms with E-state index in [0.717, 1.165) is 31.5 Å². The Hall–Kier alpha value is -1.76. The average molecular weight is 357 g/mol. The van der Waals surface area contributed by atoms with Crippen LogP contribution in [-0.4, -0.2) is 58.0 Å². The summed E-state index contributed by atoms with van der Waals surface area (Å²) in [5.41, 5.74) is 1.74. The number of hydrogen-bond donors (Lipinski definition) is 1. The lowest BCUT2D eigenvalue weighted by Gasteiger charge is -2.48. The van der Waals surface area contributed by atoms with Gasteiger partial charge in [-0.3, -0.25) is 14.7 Å². The maximum Gasteiger partial charge on any atom is 0.265 e. The van der Waals surface area contributed by atoms with Gasteiger partial charge in [0.15, 0.2) is 0 Å². The Bertz CT molecular complexity index is 716. The largest absolute Gasteiger partial charge is 0.383 e. The molecular weight excluding hydrogens is 334 g/mol. The van der Waals surface area contributed by atoms with E-state index < -0.39 is 5.60 Å². The first kappa shape index (κ1) is 16.7. The highest BCUT2D eigenvalue weighted by Gasteiger charge is 2.47. The molecule has 0 spiro atoms. The molecule has 2 fully saturated rings. The minimum atomic E-state index is -0.907. The lowest BCUT2D eigenvalue weighted by molar-refractivity contribution is -0.0877. The predicted octanol–water partition coefficient (Wildman–Crippen LogP) is 2.34. The van der Waals surface area contributed by atoms with Crippen molar-refractivity contribution >= 4 is 17.2 Å². The summed E-state index contributed by atoms with van der Waals surface area (Å²) in [6.45, 7) is 3.10. The van der Waals surface area contributed by atoms with Gasteiger partial charge in [0.05, 0.1) is 17.7 Å². The van der Waals surface area contributed by atoms with Crippen LogP contribution in [0.25, 0.3) is 0 Å². The van der Waals surface area contributed by atoms with E-state index in [2.05, 4.69) is 9.88 Å². The first-order valence-corrected chi connectivity index (χ1v) is 9.76. The Labute approximate surface area is 151 Å². The van der Waals surface area contributed by atoms with E-state index in [1.807, 2.05) is 35.2 Å². The van der Waals surface area contributed by atoms with E-state index in [4.69, 9.17) is 0 Å². The van der Waals surface area contributed by atoms with Crippen LogP contribution in [0, 0.1) is 0 Å². The molecule has 132 valence electrons. The van der Waals surface area contributed by atoms with E-state index in [9.17, 15) is 9.90 Å². The van der Waals surface area contributed by atoms with Crippen LogP contribution in [0.4, 0.5) is 0 Å². The fourth-order valence-electron chi connectivity index (χ4n) is 4.12. The molecule has 2 aromatic rings. The zero-order chi connectivity index (χ0) is 17.3. The van der Waals surface area contributed by atoms with E-state index >= 15 is 0 Å². The predicted molar refractivity (Wildman–Crippen MR) is 97.6 cm³/mol. The van der Waals surface area contributed by atoms with Gasteiger partial charge in [-0.05, 0) is 37.9 Å². The molecule has 25 heavy (non-hydrogen) atoms. The number of carbonyl (C=O) groups is 1. The molecule has 0 aliphatic carbocycles. The van der Waals surface area contributed by atoms with E-state index in [1.165, 1.54) is 11.3 Å². The lowest BCUT2D eigenvalue weighted by atomic mass is 9.79. The van der Waals surface area contributed by atoms with Crippen LogP contribution in [0.15, 0.2) is 42.0 Å². The molecule has 1 N–H and O–H groups in total. The molecule has 2 atom stereocenters.